The molecule has 4 rings (SSSR count). The van der Waals surface area contributed by atoms with Gasteiger partial charge in [-0.3, -0.25) is 14.5 Å². The summed E-state index contributed by atoms with van der Waals surface area (Å²) in [5.41, 5.74) is 0.00272. The van der Waals surface area contributed by atoms with E-state index in [1.54, 1.807) is 10.7 Å². The van der Waals surface area contributed by atoms with E-state index in [4.69, 9.17) is 0 Å². The first-order valence-corrected chi connectivity index (χ1v) is 8.52. The van der Waals surface area contributed by atoms with Crippen molar-refractivity contribution in [2.45, 2.75) is 37.8 Å². The van der Waals surface area contributed by atoms with Gasteiger partial charge in [-0.2, -0.15) is 31.4 Å². The number of pyridine rings is 1. The zero-order valence-electron chi connectivity index (χ0n) is 14.2. The predicted molar refractivity (Wildman–Crippen MR) is 83.6 cm³/mol. The summed E-state index contributed by atoms with van der Waals surface area (Å²) in [6.45, 7) is 0.408. The summed E-state index contributed by atoms with van der Waals surface area (Å²) in [5, 5.41) is 6.85. The van der Waals surface area contributed by atoms with E-state index in [9.17, 15) is 31.1 Å². The molecule has 3 heterocycles. The molecule has 1 N–H and O–H groups in total. The van der Waals surface area contributed by atoms with Gasteiger partial charge in [0.05, 0.1) is 29.3 Å². The van der Waals surface area contributed by atoms with Gasteiger partial charge in [0.15, 0.2) is 0 Å². The molecule has 28 heavy (non-hydrogen) atoms. The van der Waals surface area contributed by atoms with Crippen molar-refractivity contribution >= 4 is 5.91 Å². The Morgan fingerprint density at radius 2 is 1.93 bits per heavy atom. The summed E-state index contributed by atoms with van der Waals surface area (Å²) < 4.78 is 77.9. The molecule has 150 valence electrons. The van der Waals surface area contributed by atoms with Crippen molar-refractivity contribution in [2.75, 3.05) is 0 Å². The third-order valence-corrected chi connectivity index (χ3v) is 5.01. The lowest BCUT2D eigenvalue weighted by atomic mass is 10.1. The lowest BCUT2D eigenvalue weighted by molar-refractivity contribution is -0.155. The largest absolute Gasteiger partial charge is 0.433 e. The number of carbonyl (C=O) groups is 1. The van der Waals surface area contributed by atoms with Gasteiger partial charge in [0, 0.05) is 18.3 Å². The molecule has 1 fully saturated rings. The van der Waals surface area contributed by atoms with Crippen molar-refractivity contribution in [2.24, 2.45) is 11.8 Å². The minimum atomic E-state index is -4.59. The smallest absolute Gasteiger partial charge is 0.347 e. The van der Waals surface area contributed by atoms with E-state index in [0.29, 0.717) is 18.7 Å². The Morgan fingerprint density at radius 1 is 1.18 bits per heavy atom. The highest BCUT2D eigenvalue weighted by atomic mass is 19.4. The van der Waals surface area contributed by atoms with Gasteiger partial charge in [0.25, 0.3) is 0 Å². The summed E-state index contributed by atoms with van der Waals surface area (Å²) in [4.78, 5) is 15.4. The number of aromatic nitrogens is 3. The average molecular weight is 404 g/mol. The number of aryl methyl sites for hydroxylation is 1. The molecule has 0 saturated heterocycles. The monoisotopic (exact) mass is 404 g/mol. The zero-order valence-corrected chi connectivity index (χ0v) is 14.2. The molecule has 0 aromatic carbocycles. The molecule has 2 aromatic rings. The van der Waals surface area contributed by atoms with E-state index in [2.05, 4.69) is 15.4 Å². The molecule has 1 aliphatic heterocycles. The summed E-state index contributed by atoms with van der Waals surface area (Å²) in [6, 6.07) is 3.29. The number of carbonyl (C=O) groups excluding carboxylic acids is 1. The minimum absolute atomic E-state index is 0.216. The Balaban J connectivity index is 1.50. The first-order valence-electron chi connectivity index (χ1n) is 8.52. The Bertz CT molecular complexity index is 919. The number of nitrogens with one attached hydrogen (secondary N) is 1. The molecule has 1 aliphatic carbocycles. The first kappa shape index (κ1) is 18.8. The Labute approximate surface area is 154 Å². The molecule has 1 saturated carbocycles. The Hall–Kier alpha value is -2.59. The maximum atomic E-state index is 12.8. The number of hydrogen-bond donors (Lipinski definition) is 1. The Kier molecular flexibility index (Phi) is 4.16. The number of halogens is 6. The van der Waals surface area contributed by atoms with Gasteiger partial charge < -0.3 is 5.32 Å². The fourth-order valence-corrected chi connectivity index (χ4v) is 3.45. The maximum Gasteiger partial charge on any atom is 0.433 e. The molecule has 2 aromatic heterocycles. The fraction of sp³-hybridized carbons (Fsp3) is 0.471. The van der Waals surface area contributed by atoms with E-state index in [0.717, 1.165) is 12.3 Å². The predicted octanol–water partition coefficient (Wildman–Crippen LogP) is 3.72. The van der Waals surface area contributed by atoms with Crippen molar-refractivity contribution in [3.63, 3.8) is 0 Å². The normalized spacial score (nSPS) is 24.1. The molecular weight excluding hydrogens is 390 g/mol. The molecule has 0 spiro atoms. The van der Waals surface area contributed by atoms with Gasteiger partial charge in [-0.1, -0.05) is 0 Å². The summed E-state index contributed by atoms with van der Waals surface area (Å²) in [6.07, 6.45) is -7.70. The highest BCUT2D eigenvalue weighted by Gasteiger charge is 2.59. The van der Waals surface area contributed by atoms with Crippen LogP contribution in [0.25, 0.3) is 11.3 Å². The van der Waals surface area contributed by atoms with E-state index >= 15 is 0 Å². The van der Waals surface area contributed by atoms with Crippen molar-refractivity contribution in [1.82, 2.24) is 20.1 Å². The highest BCUT2D eigenvalue weighted by molar-refractivity contribution is 5.82. The maximum absolute atomic E-state index is 12.8. The summed E-state index contributed by atoms with van der Waals surface area (Å²) >= 11 is 0. The van der Waals surface area contributed by atoms with Crippen LogP contribution in [0, 0.1) is 11.8 Å². The van der Waals surface area contributed by atoms with Gasteiger partial charge in [0.1, 0.15) is 5.69 Å². The summed E-state index contributed by atoms with van der Waals surface area (Å²) in [5.74, 6) is -3.34. The van der Waals surface area contributed by atoms with Gasteiger partial charge in [-0.05, 0) is 31.0 Å². The number of nitrogens with zero attached hydrogens (tertiary/aromatic N) is 3. The van der Waals surface area contributed by atoms with E-state index in [1.807, 2.05) is 0 Å². The quantitative estimate of drug-likeness (QED) is 0.794. The second kappa shape index (κ2) is 6.21. The Morgan fingerprint density at radius 3 is 2.57 bits per heavy atom. The van der Waals surface area contributed by atoms with Crippen molar-refractivity contribution in [3.8, 4) is 11.3 Å². The number of hydrogen-bond acceptors (Lipinski definition) is 3. The van der Waals surface area contributed by atoms with Crippen molar-refractivity contribution < 1.29 is 31.1 Å². The molecule has 2 aliphatic rings. The van der Waals surface area contributed by atoms with E-state index in [1.165, 1.54) is 6.07 Å². The third kappa shape index (κ3) is 3.45. The topological polar surface area (TPSA) is 59.8 Å². The highest BCUT2D eigenvalue weighted by Crippen LogP contribution is 2.50. The second-order valence-electron chi connectivity index (χ2n) is 6.95. The molecule has 0 bridgehead atoms. The lowest BCUT2D eigenvalue weighted by Gasteiger charge is -2.12. The van der Waals surface area contributed by atoms with Crippen LogP contribution in [0.5, 0.6) is 0 Å². The van der Waals surface area contributed by atoms with Crippen LogP contribution in [0.15, 0.2) is 24.4 Å². The minimum Gasteiger partial charge on any atom is -0.347 e. The van der Waals surface area contributed by atoms with Crippen LogP contribution in [0.2, 0.25) is 0 Å². The standard InChI is InChI=1S/C17H14F6N4O/c18-16(19,20)10-6-9(10)15(28)25-11-2-4-27-13(11)7-12(26-27)8-1-3-24-14(5-8)17(21,22)23/h1,3,5,7,9-11H,2,4,6H2,(H,25,28)/t9-,10+,11+/m1/s1. The molecule has 0 unspecified atom stereocenters. The van der Waals surface area contributed by atoms with Crippen molar-refractivity contribution in [1.29, 1.82) is 0 Å². The van der Waals surface area contributed by atoms with Crippen LogP contribution in [0.4, 0.5) is 26.3 Å². The van der Waals surface area contributed by atoms with E-state index < -0.39 is 41.8 Å². The fourth-order valence-electron chi connectivity index (χ4n) is 3.45. The van der Waals surface area contributed by atoms with Gasteiger partial charge in [0.2, 0.25) is 5.91 Å². The molecule has 1 amide bonds. The SMILES string of the molecule is O=C(N[C@H]1CCn2nc(-c3ccnc(C(F)(F)F)c3)cc21)[C@@H]1C[C@@H]1C(F)(F)F. The van der Waals surface area contributed by atoms with E-state index in [-0.39, 0.29) is 17.7 Å². The van der Waals surface area contributed by atoms with Gasteiger partial charge in [-0.15, -0.1) is 0 Å². The van der Waals surface area contributed by atoms with Crippen LogP contribution in [0.3, 0.4) is 0 Å². The van der Waals surface area contributed by atoms with Crippen LogP contribution in [-0.2, 0) is 17.5 Å². The van der Waals surface area contributed by atoms with Gasteiger partial charge >= 0.3 is 12.4 Å². The van der Waals surface area contributed by atoms with Crippen LogP contribution < -0.4 is 5.32 Å². The molecule has 5 nitrogen and oxygen atoms in total. The third-order valence-electron chi connectivity index (χ3n) is 5.01. The first-order chi connectivity index (χ1) is 13.0. The number of amides is 1. The lowest BCUT2D eigenvalue weighted by Crippen LogP contribution is -2.30. The molecule has 11 heteroatoms. The molecule has 3 atom stereocenters. The van der Waals surface area contributed by atoms with Crippen LogP contribution in [-0.4, -0.2) is 26.8 Å². The number of rotatable bonds is 3. The number of fused-ring (bicyclic) bond motifs is 1. The van der Waals surface area contributed by atoms with Crippen LogP contribution in [0.1, 0.15) is 30.3 Å². The molecule has 0 radical (unpaired) electrons. The molecular formula is C17H14F6N4O. The summed E-state index contributed by atoms with van der Waals surface area (Å²) in [7, 11) is 0. The van der Waals surface area contributed by atoms with Crippen LogP contribution >= 0.6 is 0 Å². The zero-order chi connectivity index (χ0) is 20.3. The van der Waals surface area contributed by atoms with Gasteiger partial charge in [-0.25, -0.2) is 0 Å². The second-order valence-corrected chi connectivity index (χ2v) is 6.95. The number of alkyl halides is 6. The average Bonchev–Trinajstić information content (AvgIpc) is 3.20. The van der Waals surface area contributed by atoms with Crippen molar-refractivity contribution in [3.05, 3.63) is 35.8 Å².